The van der Waals surface area contributed by atoms with Crippen molar-refractivity contribution < 1.29 is 29.3 Å². The standard InChI is InChI=1S/C39H31N3O6S2/c1-23-8-3-4-10-27(23)21-48-29-17-14-25(15-18-29)35(44)33-34(26-16-19-31(43)32(20-26)47-2)42(37(46)36(33)45)38-40-41-39(50-38)49-22-28-12-7-11-24-9-5-6-13-30(24)28/h3-20,34,43-44H,21-22H2,1-2H3/b35-33+. The molecule has 2 heterocycles. The van der Waals surface area contributed by atoms with Crippen molar-refractivity contribution in [1.29, 1.82) is 0 Å². The highest BCUT2D eigenvalue weighted by Crippen LogP contribution is 2.45. The normalized spacial score (nSPS) is 15.5. The van der Waals surface area contributed by atoms with E-state index in [9.17, 15) is 19.8 Å². The molecular weight excluding hydrogens is 671 g/mol. The number of phenolic OH excluding ortho intramolecular Hbond substituents is 1. The molecule has 7 rings (SSSR count). The Morgan fingerprint density at radius 2 is 1.64 bits per heavy atom. The van der Waals surface area contributed by atoms with Crippen molar-refractivity contribution in [3.05, 3.63) is 143 Å². The first kappa shape index (κ1) is 32.9. The van der Waals surface area contributed by atoms with E-state index in [0.717, 1.165) is 27.5 Å². The Morgan fingerprint density at radius 3 is 2.44 bits per heavy atom. The summed E-state index contributed by atoms with van der Waals surface area (Å²) in [4.78, 5) is 28.8. The molecule has 1 atom stereocenters. The van der Waals surface area contributed by atoms with Crippen molar-refractivity contribution in [2.75, 3.05) is 12.0 Å². The highest BCUT2D eigenvalue weighted by molar-refractivity contribution is 8.00. The summed E-state index contributed by atoms with van der Waals surface area (Å²) in [5.41, 5.74) is 3.92. The summed E-state index contributed by atoms with van der Waals surface area (Å²) in [6, 6.07) is 32.4. The van der Waals surface area contributed by atoms with Crippen LogP contribution in [0.3, 0.4) is 0 Å². The number of aliphatic hydroxyl groups is 1. The van der Waals surface area contributed by atoms with Gasteiger partial charge in [0.15, 0.2) is 15.8 Å². The number of carbonyl (C=O) groups is 2. The lowest BCUT2D eigenvalue weighted by molar-refractivity contribution is -0.132. The Hall–Kier alpha value is -5.65. The average Bonchev–Trinajstić information content (AvgIpc) is 3.71. The molecule has 0 aliphatic carbocycles. The Bertz CT molecular complexity index is 2260. The maximum atomic E-state index is 13.8. The van der Waals surface area contributed by atoms with Gasteiger partial charge in [0.05, 0.1) is 18.7 Å². The van der Waals surface area contributed by atoms with E-state index in [4.69, 9.17) is 9.47 Å². The first-order valence-corrected chi connectivity index (χ1v) is 17.5. The minimum Gasteiger partial charge on any atom is -0.507 e. The van der Waals surface area contributed by atoms with Crippen molar-refractivity contribution in [1.82, 2.24) is 10.2 Å². The molecule has 6 aromatic rings. The molecule has 1 amide bonds. The van der Waals surface area contributed by atoms with Crippen LogP contribution < -0.4 is 14.4 Å². The predicted molar refractivity (Wildman–Crippen MR) is 195 cm³/mol. The van der Waals surface area contributed by atoms with Crippen LogP contribution in [0.1, 0.15) is 33.9 Å². The van der Waals surface area contributed by atoms with Gasteiger partial charge >= 0.3 is 5.91 Å². The van der Waals surface area contributed by atoms with Gasteiger partial charge in [0.25, 0.3) is 5.78 Å². The number of carbonyl (C=O) groups excluding carboxylic acids is 2. The molecule has 1 fully saturated rings. The number of amides is 1. The summed E-state index contributed by atoms with van der Waals surface area (Å²) in [5.74, 6) is -0.860. The lowest BCUT2D eigenvalue weighted by Crippen LogP contribution is -2.29. The first-order chi connectivity index (χ1) is 24.3. The molecule has 0 radical (unpaired) electrons. The van der Waals surface area contributed by atoms with E-state index in [0.29, 0.717) is 33.6 Å². The zero-order valence-corrected chi connectivity index (χ0v) is 28.7. The lowest BCUT2D eigenvalue weighted by Gasteiger charge is -2.23. The molecule has 50 heavy (non-hydrogen) atoms. The summed E-state index contributed by atoms with van der Waals surface area (Å²) in [6.45, 7) is 2.39. The average molecular weight is 702 g/mol. The number of aromatic nitrogens is 2. The fraction of sp³-hybridized carbons (Fsp3) is 0.128. The Balaban J connectivity index is 1.21. The van der Waals surface area contributed by atoms with Crippen LogP contribution in [0.4, 0.5) is 5.13 Å². The number of Topliss-reactive ketones (excluding diaryl/α,β-unsaturated/α-hetero) is 1. The molecule has 2 N–H and O–H groups in total. The number of ketones is 1. The summed E-state index contributed by atoms with van der Waals surface area (Å²) < 4.78 is 11.9. The number of rotatable bonds is 10. The number of hydrogen-bond acceptors (Lipinski definition) is 10. The largest absolute Gasteiger partial charge is 0.507 e. The number of methoxy groups -OCH3 is 1. The van der Waals surface area contributed by atoms with E-state index in [1.807, 2.05) is 49.4 Å². The van der Waals surface area contributed by atoms with Crippen molar-refractivity contribution in [2.45, 2.75) is 29.7 Å². The van der Waals surface area contributed by atoms with Crippen molar-refractivity contribution >= 4 is 56.5 Å². The molecule has 1 aromatic heterocycles. The van der Waals surface area contributed by atoms with Crippen molar-refractivity contribution in [3.63, 3.8) is 0 Å². The number of anilines is 1. The van der Waals surface area contributed by atoms with Crippen LogP contribution in [-0.2, 0) is 21.9 Å². The second kappa shape index (κ2) is 14.1. The number of aliphatic hydroxyl groups excluding tert-OH is 1. The minimum absolute atomic E-state index is 0.113. The van der Waals surface area contributed by atoms with Crippen LogP contribution in [-0.4, -0.2) is 39.2 Å². The van der Waals surface area contributed by atoms with E-state index >= 15 is 0 Å². The predicted octanol–water partition coefficient (Wildman–Crippen LogP) is 8.21. The molecule has 9 nitrogen and oxygen atoms in total. The maximum Gasteiger partial charge on any atom is 0.301 e. The fourth-order valence-electron chi connectivity index (χ4n) is 5.92. The molecule has 0 saturated carbocycles. The van der Waals surface area contributed by atoms with Crippen molar-refractivity contribution in [3.8, 4) is 17.2 Å². The number of fused-ring (bicyclic) bond motifs is 1. The topological polar surface area (TPSA) is 122 Å². The van der Waals surface area contributed by atoms with Gasteiger partial charge in [0, 0.05) is 11.3 Å². The van der Waals surface area contributed by atoms with Gasteiger partial charge in [0.1, 0.15) is 18.1 Å². The van der Waals surface area contributed by atoms with E-state index in [1.165, 1.54) is 47.2 Å². The fourth-order valence-corrected chi connectivity index (χ4v) is 7.79. The molecular formula is C39H31N3O6S2. The molecule has 1 unspecified atom stereocenters. The van der Waals surface area contributed by atoms with Gasteiger partial charge < -0.3 is 19.7 Å². The number of aryl methyl sites for hydroxylation is 1. The highest BCUT2D eigenvalue weighted by Gasteiger charge is 2.48. The Labute approximate surface area is 296 Å². The monoisotopic (exact) mass is 701 g/mol. The molecule has 0 bridgehead atoms. The molecule has 250 valence electrons. The summed E-state index contributed by atoms with van der Waals surface area (Å²) in [7, 11) is 1.41. The van der Waals surface area contributed by atoms with Gasteiger partial charge in [-0.2, -0.15) is 0 Å². The number of aromatic hydroxyl groups is 1. The first-order valence-electron chi connectivity index (χ1n) is 15.7. The molecule has 1 aliphatic heterocycles. The molecule has 1 aliphatic rings. The van der Waals surface area contributed by atoms with Crippen LogP contribution in [0.2, 0.25) is 0 Å². The number of ether oxygens (including phenoxy) is 2. The molecule has 0 spiro atoms. The van der Waals surface area contributed by atoms with E-state index in [1.54, 1.807) is 30.3 Å². The quantitative estimate of drug-likeness (QED) is 0.0478. The number of nitrogens with zero attached hydrogens (tertiary/aromatic N) is 3. The Kier molecular flexibility index (Phi) is 9.25. The van der Waals surface area contributed by atoms with E-state index < -0.39 is 17.7 Å². The van der Waals surface area contributed by atoms with Gasteiger partial charge in [-0.3, -0.25) is 14.5 Å². The Morgan fingerprint density at radius 1 is 0.900 bits per heavy atom. The summed E-state index contributed by atoms with van der Waals surface area (Å²) in [6.07, 6.45) is 0. The van der Waals surface area contributed by atoms with Gasteiger partial charge in [-0.15, -0.1) is 10.2 Å². The third-order valence-electron chi connectivity index (χ3n) is 8.58. The highest BCUT2D eigenvalue weighted by atomic mass is 32.2. The molecule has 5 aromatic carbocycles. The number of hydrogen-bond donors (Lipinski definition) is 2. The van der Waals surface area contributed by atoms with Gasteiger partial charge in [0.2, 0.25) is 5.13 Å². The number of phenols is 1. The second-order valence-electron chi connectivity index (χ2n) is 11.6. The number of benzene rings is 5. The zero-order valence-electron chi connectivity index (χ0n) is 27.1. The zero-order chi connectivity index (χ0) is 34.8. The lowest BCUT2D eigenvalue weighted by atomic mass is 9.95. The summed E-state index contributed by atoms with van der Waals surface area (Å²) >= 11 is 2.66. The van der Waals surface area contributed by atoms with Crippen LogP contribution >= 0.6 is 23.1 Å². The van der Waals surface area contributed by atoms with Gasteiger partial charge in [-0.05, 0) is 76.3 Å². The van der Waals surface area contributed by atoms with E-state index in [2.05, 4.69) is 34.5 Å². The maximum absolute atomic E-state index is 13.8. The van der Waals surface area contributed by atoms with Crippen LogP contribution in [0, 0.1) is 6.92 Å². The summed E-state index contributed by atoms with van der Waals surface area (Å²) in [5, 5.41) is 33.1. The molecule has 1 saturated heterocycles. The van der Waals surface area contributed by atoms with Crippen molar-refractivity contribution in [2.24, 2.45) is 0 Å². The second-order valence-corrected chi connectivity index (χ2v) is 13.8. The third-order valence-corrected chi connectivity index (χ3v) is 10.7. The SMILES string of the molecule is COc1cc(C2/C(=C(\O)c3ccc(OCc4ccccc4C)cc3)C(=O)C(=O)N2c2nnc(SCc3cccc4ccccc34)s2)ccc1O. The van der Waals surface area contributed by atoms with Gasteiger partial charge in [-0.1, -0.05) is 95.9 Å². The van der Waals surface area contributed by atoms with Crippen LogP contribution in [0.5, 0.6) is 17.2 Å². The molecule has 11 heteroatoms. The minimum atomic E-state index is -1.08. The smallest absolute Gasteiger partial charge is 0.301 e. The number of thioether (sulfide) groups is 1. The van der Waals surface area contributed by atoms with E-state index in [-0.39, 0.29) is 28.0 Å². The van der Waals surface area contributed by atoms with Gasteiger partial charge in [-0.25, -0.2) is 0 Å². The van der Waals surface area contributed by atoms with Crippen LogP contribution in [0.15, 0.2) is 119 Å². The van der Waals surface area contributed by atoms with Crippen LogP contribution in [0.25, 0.3) is 16.5 Å². The third kappa shape index (κ3) is 6.40.